The molecule has 0 atom stereocenters. The van der Waals surface area contributed by atoms with Crippen LogP contribution in [0.3, 0.4) is 0 Å². The van der Waals surface area contributed by atoms with Gasteiger partial charge in [0.1, 0.15) is 17.3 Å². The number of aromatic amines is 1. The minimum Gasteiger partial charge on any atom is -0.343 e. The van der Waals surface area contributed by atoms with Gasteiger partial charge in [-0.25, -0.2) is 8.78 Å². The van der Waals surface area contributed by atoms with E-state index in [2.05, 4.69) is 31.5 Å². The average molecular weight is 386 g/mol. The van der Waals surface area contributed by atoms with Gasteiger partial charge in [0.2, 0.25) is 5.91 Å². The largest absolute Gasteiger partial charge is 0.343 e. The van der Waals surface area contributed by atoms with Crippen molar-refractivity contribution in [3.8, 4) is 0 Å². The Bertz CT molecular complexity index is 803. The highest BCUT2D eigenvalue weighted by molar-refractivity contribution is 9.10. The number of hydrogen-bond donors (Lipinski definition) is 3. The number of H-pyrrole nitrogens is 1. The van der Waals surface area contributed by atoms with Crippen LogP contribution in [0.25, 0.3) is 0 Å². The van der Waals surface area contributed by atoms with Crippen molar-refractivity contribution in [3.63, 3.8) is 0 Å². The third-order valence-corrected chi connectivity index (χ3v) is 3.13. The molecule has 0 aliphatic heterocycles. The highest BCUT2D eigenvalue weighted by Gasteiger charge is 2.12. The van der Waals surface area contributed by atoms with Crippen molar-refractivity contribution in [1.82, 2.24) is 10.3 Å². The van der Waals surface area contributed by atoms with Crippen LogP contribution in [0.4, 0.5) is 14.5 Å². The predicted octanol–water partition coefficient (Wildman–Crippen LogP) is 1.78. The number of rotatable bonds is 4. The lowest BCUT2D eigenvalue weighted by molar-refractivity contribution is -0.115. The number of carbonyl (C=O) groups excluding carboxylic acids is 2. The summed E-state index contributed by atoms with van der Waals surface area (Å²) in [5.74, 6) is -3.29. The molecule has 0 aliphatic rings. The average Bonchev–Trinajstić information content (AvgIpc) is 2.47. The molecule has 0 bridgehead atoms. The van der Waals surface area contributed by atoms with Crippen LogP contribution in [-0.2, 0) is 4.79 Å². The van der Waals surface area contributed by atoms with E-state index in [0.29, 0.717) is 10.5 Å². The Morgan fingerprint density at radius 3 is 2.43 bits per heavy atom. The van der Waals surface area contributed by atoms with E-state index in [1.54, 1.807) is 0 Å². The van der Waals surface area contributed by atoms with Gasteiger partial charge in [0.05, 0.1) is 6.54 Å². The van der Waals surface area contributed by atoms with Gasteiger partial charge in [0, 0.05) is 22.3 Å². The van der Waals surface area contributed by atoms with Gasteiger partial charge < -0.3 is 15.6 Å². The lowest BCUT2D eigenvalue weighted by Crippen LogP contribution is -2.34. The third-order valence-electron chi connectivity index (χ3n) is 2.68. The highest BCUT2D eigenvalue weighted by atomic mass is 79.9. The Labute approximate surface area is 137 Å². The zero-order valence-corrected chi connectivity index (χ0v) is 13.0. The van der Waals surface area contributed by atoms with Gasteiger partial charge in [-0.3, -0.25) is 14.4 Å². The minimum absolute atomic E-state index is 0.00424. The first kappa shape index (κ1) is 16.8. The van der Waals surface area contributed by atoms with Crippen molar-refractivity contribution in [2.45, 2.75) is 0 Å². The first-order valence-corrected chi connectivity index (χ1v) is 7.07. The van der Waals surface area contributed by atoms with Gasteiger partial charge in [-0.1, -0.05) is 0 Å². The smallest absolute Gasteiger partial charge is 0.271 e. The molecule has 0 saturated heterocycles. The maximum absolute atomic E-state index is 13.0. The van der Waals surface area contributed by atoms with Crippen LogP contribution in [0.5, 0.6) is 0 Å². The number of benzene rings is 1. The van der Waals surface area contributed by atoms with E-state index < -0.39 is 35.6 Å². The molecule has 2 rings (SSSR count). The van der Waals surface area contributed by atoms with Gasteiger partial charge in [0.15, 0.2) is 0 Å². The summed E-state index contributed by atoms with van der Waals surface area (Å²) in [7, 11) is 0. The molecule has 120 valence electrons. The molecule has 0 unspecified atom stereocenters. The summed E-state index contributed by atoms with van der Waals surface area (Å²) >= 11 is 3.13. The van der Waals surface area contributed by atoms with Gasteiger partial charge in [0.25, 0.3) is 11.5 Å². The fourth-order valence-electron chi connectivity index (χ4n) is 1.69. The van der Waals surface area contributed by atoms with E-state index >= 15 is 0 Å². The minimum atomic E-state index is -0.903. The second-order valence-electron chi connectivity index (χ2n) is 4.45. The van der Waals surface area contributed by atoms with E-state index in [0.717, 1.165) is 12.1 Å². The van der Waals surface area contributed by atoms with Crippen molar-refractivity contribution in [2.24, 2.45) is 0 Å². The molecule has 9 heteroatoms. The fraction of sp³-hybridized carbons (Fsp3) is 0.0714. The van der Waals surface area contributed by atoms with Crippen molar-refractivity contribution in [1.29, 1.82) is 0 Å². The summed E-state index contributed by atoms with van der Waals surface area (Å²) in [5.41, 5.74) is -0.772. The quantitative estimate of drug-likeness (QED) is 0.748. The molecule has 6 nitrogen and oxygen atoms in total. The zero-order valence-electron chi connectivity index (χ0n) is 11.5. The zero-order chi connectivity index (χ0) is 17.0. The summed E-state index contributed by atoms with van der Waals surface area (Å²) in [6.07, 6.45) is 1.40. The standard InChI is InChI=1S/C14H10BrF2N3O3/c15-8-3-11(14(23)18-5-8)20-12(21)6-19-13(22)7-1-9(16)4-10(17)2-7/h1-5H,6H2,(H,18,23)(H,19,22)(H,20,21). The number of carbonyl (C=O) groups is 2. The van der Waals surface area contributed by atoms with E-state index in [1.807, 2.05) is 0 Å². The molecule has 1 aromatic carbocycles. The summed E-state index contributed by atoms with van der Waals surface area (Å²) in [6, 6.07) is 3.70. The molecule has 0 spiro atoms. The molecule has 0 fully saturated rings. The van der Waals surface area contributed by atoms with Crippen molar-refractivity contribution >= 4 is 33.4 Å². The molecule has 0 aliphatic carbocycles. The normalized spacial score (nSPS) is 10.2. The summed E-state index contributed by atoms with van der Waals surface area (Å²) in [5, 5.41) is 4.50. The molecule has 2 aromatic rings. The maximum Gasteiger partial charge on any atom is 0.271 e. The van der Waals surface area contributed by atoms with Crippen LogP contribution >= 0.6 is 15.9 Å². The molecule has 1 aromatic heterocycles. The van der Waals surface area contributed by atoms with Crippen LogP contribution in [0.1, 0.15) is 10.4 Å². The van der Waals surface area contributed by atoms with E-state index in [1.165, 1.54) is 12.3 Å². The predicted molar refractivity (Wildman–Crippen MR) is 82.1 cm³/mol. The van der Waals surface area contributed by atoms with Crippen LogP contribution in [-0.4, -0.2) is 23.3 Å². The van der Waals surface area contributed by atoms with E-state index in [4.69, 9.17) is 0 Å². The van der Waals surface area contributed by atoms with Crippen LogP contribution < -0.4 is 16.2 Å². The lowest BCUT2D eigenvalue weighted by atomic mass is 10.2. The number of nitrogens with one attached hydrogen (secondary N) is 3. The highest BCUT2D eigenvalue weighted by Crippen LogP contribution is 2.10. The molecule has 0 saturated carbocycles. The lowest BCUT2D eigenvalue weighted by Gasteiger charge is -2.07. The van der Waals surface area contributed by atoms with E-state index in [9.17, 15) is 23.2 Å². The Kier molecular flexibility index (Phi) is 5.22. The second-order valence-corrected chi connectivity index (χ2v) is 5.37. The number of aromatic nitrogens is 1. The second kappa shape index (κ2) is 7.14. The Morgan fingerprint density at radius 2 is 1.78 bits per heavy atom. The Morgan fingerprint density at radius 1 is 1.13 bits per heavy atom. The van der Waals surface area contributed by atoms with Crippen LogP contribution in [0.2, 0.25) is 0 Å². The molecule has 23 heavy (non-hydrogen) atoms. The topological polar surface area (TPSA) is 91.1 Å². The molecular formula is C14H10BrF2N3O3. The summed E-state index contributed by atoms with van der Waals surface area (Å²) in [6.45, 7) is -0.469. The molecule has 1 heterocycles. The summed E-state index contributed by atoms with van der Waals surface area (Å²) in [4.78, 5) is 37.3. The van der Waals surface area contributed by atoms with Crippen LogP contribution in [0.15, 0.2) is 39.7 Å². The van der Waals surface area contributed by atoms with Crippen molar-refractivity contribution in [2.75, 3.05) is 11.9 Å². The van der Waals surface area contributed by atoms with Crippen LogP contribution in [0, 0.1) is 11.6 Å². The number of halogens is 3. The van der Waals surface area contributed by atoms with E-state index in [-0.39, 0.29) is 11.3 Å². The monoisotopic (exact) mass is 385 g/mol. The molecule has 3 N–H and O–H groups in total. The third kappa shape index (κ3) is 4.71. The number of anilines is 1. The number of hydrogen-bond acceptors (Lipinski definition) is 3. The maximum atomic E-state index is 13.0. The SMILES string of the molecule is O=C(CNC(=O)c1cc(F)cc(F)c1)Nc1cc(Br)c[nH]c1=O. The van der Waals surface area contributed by atoms with Gasteiger partial charge in [-0.2, -0.15) is 0 Å². The Balaban J connectivity index is 1.97. The van der Waals surface area contributed by atoms with Crippen molar-refractivity contribution in [3.05, 3.63) is 62.5 Å². The van der Waals surface area contributed by atoms with Gasteiger partial charge in [-0.05, 0) is 34.1 Å². The number of pyridine rings is 1. The molecule has 0 radical (unpaired) electrons. The van der Waals surface area contributed by atoms with Gasteiger partial charge >= 0.3 is 0 Å². The summed E-state index contributed by atoms with van der Waals surface area (Å²) < 4.78 is 26.6. The Hall–Kier alpha value is -2.55. The van der Waals surface area contributed by atoms with Crippen molar-refractivity contribution < 1.29 is 18.4 Å². The molecule has 2 amide bonds. The molecular weight excluding hydrogens is 376 g/mol. The first-order chi connectivity index (χ1) is 10.8. The van der Waals surface area contributed by atoms with Gasteiger partial charge in [-0.15, -0.1) is 0 Å². The first-order valence-electron chi connectivity index (χ1n) is 6.27. The number of amides is 2. The fourth-order valence-corrected chi connectivity index (χ4v) is 2.04.